The van der Waals surface area contributed by atoms with Crippen LogP contribution in [0.3, 0.4) is 0 Å². The summed E-state index contributed by atoms with van der Waals surface area (Å²) >= 11 is 0. The SMILES string of the molecule is CC(C)OCC(CCCOCCSSCCCCCCOc1ccc2c(c1)CCC1C2CCC2(C)C(OCCCOC(C(F)(F)F)(C(F)(F)F)C(F)(F)F)CCC12)COC(C)C. The van der Waals surface area contributed by atoms with Gasteiger partial charge in [0.15, 0.2) is 0 Å². The molecular weight excluding hydrogens is 872 g/mol. The summed E-state index contributed by atoms with van der Waals surface area (Å²) in [4.78, 5) is 0. The predicted octanol–water partition coefficient (Wildman–Crippen LogP) is 13.3. The second kappa shape index (κ2) is 24.6. The first-order chi connectivity index (χ1) is 29.2. The first kappa shape index (κ1) is 53.5. The van der Waals surface area contributed by atoms with Crippen LogP contribution in [0.25, 0.3) is 0 Å². The van der Waals surface area contributed by atoms with Crippen molar-refractivity contribution in [1.29, 1.82) is 0 Å². The lowest BCUT2D eigenvalue weighted by Gasteiger charge is -2.50. The average Bonchev–Trinajstić information content (AvgIpc) is 3.52. The van der Waals surface area contributed by atoms with Crippen LogP contribution in [0.1, 0.15) is 129 Å². The number of rotatable bonds is 28. The van der Waals surface area contributed by atoms with E-state index in [0.717, 1.165) is 108 Å². The molecule has 0 aliphatic heterocycles. The fourth-order valence-electron chi connectivity index (χ4n) is 9.58. The third-order valence-corrected chi connectivity index (χ3v) is 15.2. The summed E-state index contributed by atoms with van der Waals surface area (Å²) < 4.78 is 152. The van der Waals surface area contributed by atoms with E-state index in [9.17, 15) is 39.5 Å². The molecule has 2 saturated carbocycles. The lowest BCUT2D eigenvalue weighted by Crippen LogP contribution is -2.67. The highest BCUT2D eigenvalue weighted by atomic mass is 33.1. The van der Waals surface area contributed by atoms with Gasteiger partial charge in [-0.2, -0.15) is 39.5 Å². The van der Waals surface area contributed by atoms with Crippen LogP contribution in [0.4, 0.5) is 39.5 Å². The fourth-order valence-corrected chi connectivity index (χ4v) is 11.6. The predicted molar refractivity (Wildman–Crippen MR) is 227 cm³/mol. The van der Waals surface area contributed by atoms with E-state index in [2.05, 4.69) is 57.6 Å². The van der Waals surface area contributed by atoms with Crippen LogP contribution >= 0.6 is 21.6 Å². The van der Waals surface area contributed by atoms with Crippen LogP contribution in [0, 0.1) is 23.2 Å². The number of alkyl halides is 9. The number of hydrogen-bond donors (Lipinski definition) is 0. The van der Waals surface area contributed by atoms with Gasteiger partial charge in [-0.05, 0) is 145 Å². The molecule has 5 unspecified atom stereocenters. The number of benzene rings is 1. The molecule has 0 spiro atoms. The molecule has 0 N–H and O–H groups in total. The van der Waals surface area contributed by atoms with E-state index in [1.54, 1.807) is 0 Å². The Morgan fingerprint density at radius 3 is 2.02 bits per heavy atom. The van der Waals surface area contributed by atoms with E-state index in [0.29, 0.717) is 36.7 Å². The molecule has 62 heavy (non-hydrogen) atoms. The Kier molecular flexibility index (Phi) is 21.2. The Labute approximate surface area is 370 Å². The quantitative estimate of drug-likeness (QED) is 0.0468. The normalized spacial score (nSPS) is 23.3. The lowest BCUT2D eigenvalue weighted by atomic mass is 9.55. The van der Waals surface area contributed by atoms with Crippen molar-refractivity contribution in [1.82, 2.24) is 0 Å². The van der Waals surface area contributed by atoms with Crippen molar-refractivity contribution in [3.8, 4) is 5.75 Å². The smallest absolute Gasteiger partial charge is 0.435 e. The number of hydrogen-bond acceptors (Lipinski definition) is 8. The second-order valence-electron chi connectivity index (χ2n) is 17.9. The minimum absolute atomic E-state index is 0.222. The fraction of sp³-hybridized carbons (Fsp3) is 0.867. The number of halogens is 9. The van der Waals surface area contributed by atoms with Crippen LogP contribution in [0.15, 0.2) is 18.2 Å². The van der Waals surface area contributed by atoms with Gasteiger partial charge in [-0.25, -0.2) is 0 Å². The van der Waals surface area contributed by atoms with Crippen molar-refractivity contribution >= 4 is 21.6 Å². The molecule has 3 aliphatic carbocycles. The lowest BCUT2D eigenvalue weighted by molar-refractivity contribution is -0.457. The van der Waals surface area contributed by atoms with Gasteiger partial charge in [-0.15, -0.1) is 0 Å². The van der Waals surface area contributed by atoms with Crippen molar-refractivity contribution in [3.05, 3.63) is 29.3 Å². The molecule has 3 aliphatic rings. The molecule has 360 valence electrons. The Morgan fingerprint density at radius 1 is 0.694 bits per heavy atom. The molecule has 0 aromatic heterocycles. The third kappa shape index (κ3) is 14.7. The highest BCUT2D eigenvalue weighted by Gasteiger charge is 2.85. The summed E-state index contributed by atoms with van der Waals surface area (Å²) in [6, 6.07) is 6.43. The maximum atomic E-state index is 13.2. The minimum atomic E-state index is -6.74. The topological polar surface area (TPSA) is 55.4 Å². The van der Waals surface area contributed by atoms with E-state index < -0.39 is 37.2 Å². The van der Waals surface area contributed by atoms with Crippen LogP contribution in [0.2, 0.25) is 0 Å². The van der Waals surface area contributed by atoms with E-state index in [-0.39, 0.29) is 30.3 Å². The average molecular weight is 941 g/mol. The molecule has 5 atom stereocenters. The van der Waals surface area contributed by atoms with E-state index in [1.807, 2.05) is 21.6 Å². The van der Waals surface area contributed by atoms with Gasteiger partial charge >= 0.3 is 24.1 Å². The van der Waals surface area contributed by atoms with Gasteiger partial charge in [0.25, 0.3) is 0 Å². The molecule has 4 rings (SSSR count). The van der Waals surface area contributed by atoms with Gasteiger partial charge < -0.3 is 28.4 Å². The van der Waals surface area contributed by atoms with Crippen LogP contribution in [0.5, 0.6) is 5.75 Å². The molecule has 0 amide bonds. The van der Waals surface area contributed by atoms with Crippen molar-refractivity contribution < 1.29 is 67.9 Å². The minimum Gasteiger partial charge on any atom is -0.494 e. The Hall–Kier alpha value is -1.11. The molecule has 0 saturated heterocycles. The van der Waals surface area contributed by atoms with Gasteiger partial charge in [0.2, 0.25) is 0 Å². The number of fused-ring (bicyclic) bond motifs is 5. The third-order valence-electron chi connectivity index (χ3n) is 12.8. The standard InChI is InChI=1S/C45H69F9O6S2/c1-31(2)58-29-33(30-59-32(3)4)12-10-21-55-25-27-62-61-26-9-7-6-8-22-56-35-14-16-36-34(28-35)13-15-38-37(36)19-20-41(5)39(38)17-18-40(41)57-23-11-24-60-42(43(46,47)48,44(49,50)51)45(52,53)54/h14,16,28,31-33,37-40H,6-13,15,17-27,29-30H2,1-5H3. The Balaban J connectivity index is 1.07. The van der Waals surface area contributed by atoms with E-state index in [4.69, 9.17) is 23.7 Å². The van der Waals surface area contributed by atoms with Crippen LogP contribution in [-0.2, 0) is 30.1 Å². The largest absolute Gasteiger partial charge is 0.494 e. The zero-order valence-electron chi connectivity index (χ0n) is 37.0. The first-order valence-electron chi connectivity index (χ1n) is 22.5. The maximum Gasteiger partial charge on any atom is 0.435 e. The summed E-state index contributed by atoms with van der Waals surface area (Å²) in [5.74, 6) is 4.46. The van der Waals surface area contributed by atoms with Gasteiger partial charge in [-0.3, -0.25) is 0 Å². The van der Waals surface area contributed by atoms with E-state index >= 15 is 0 Å². The number of aryl methyl sites for hydroxylation is 1. The summed E-state index contributed by atoms with van der Waals surface area (Å²) in [6.45, 7) is 12.3. The molecular formula is C45H69F9O6S2. The van der Waals surface area contributed by atoms with Gasteiger partial charge in [-0.1, -0.05) is 47.4 Å². The molecule has 0 radical (unpaired) electrons. The molecule has 17 heteroatoms. The van der Waals surface area contributed by atoms with Crippen LogP contribution in [-0.4, -0.2) is 100 Å². The zero-order valence-corrected chi connectivity index (χ0v) is 38.6. The zero-order chi connectivity index (χ0) is 45.6. The highest BCUT2D eigenvalue weighted by Crippen LogP contribution is 2.62. The van der Waals surface area contributed by atoms with Gasteiger partial charge in [0, 0.05) is 30.6 Å². The first-order valence-corrected chi connectivity index (χ1v) is 25.0. The van der Waals surface area contributed by atoms with Crippen molar-refractivity contribution in [2.24, 2.45) is 23.2 Å². The van der Waals surface area contributed by atoms with Gasteiger partial charge in [0.05, 0.1) is 51.3 Å². The molecule has 0 heterocycles. The number of ether oxygens (including phenoxy) is 6. The molecule has 2 fully saturated rings. The van der Waals surface area contributed by atoms with Crippen molar-refractivity contribution in [3.63, 3.8) is 0 Å². The molecule has 6 nitrogen and oxygen atoms in total. The summed E-state index contributed by atoms with van der Waals surface area (Å²) in [6.07, 6.45) is -8.95. The molecule has 1 aromatic carbocycles. The highest BCUT2D eigenvalue weighted by molar-refractivity contribution is 8.76. The molecule has 0 bridgehead atoms. The molecule has 1 aromatic rings. The van der Waals surface area contributed by atoms with Crippen molar-refractivity contribution in [2.45, 2.75) is 166 Å². The summed E-state index contributed by atoms with van der Waals surface area (Å²) in [7, 11) is 3.78. The Morgan fingerprint density at radius 2 is 1.35 bits per heavy atom. The monoisotopic (exact) mass is 940 g/mol. The van der Waals surface area contributed by atoms with Crippen molar-refractivity contribution in [2.75, 3.05) is 57.8 Å². The summed E-state index contributed by atoms with van der Waals surface area (Å²) in [5, 5.41) is 0. The maximum absolute atomic E-state index is 13.2. The number of unbranched alkanes of at least 4 members (excludes halogenated alkanes) is 3. The van der Waals surface area contributed by atoms with E-state index in [1.165, 1.54) is 17.5 Å². The summed E-state index contributed by atoms with van der Waals surface area (Å²) in [5.41, 5.74) is -3.86. The van der Waals surface area contributed by atoms with Crippen LogP contribution < -0.4 is 4.74 Å². The Bertz CT molecular complexity index is 1400. The second-order valence-corrected chi connectivity index (χ2v) is 20.6. The van der Waals surface area contributed by atoms with Gasteiger partial charge in [0.1, 0.15) is 5.75 Å².